The summed E-state index contributed by atoms with van der Waals surface area (Å²) in [5, 5.41) is 8.71. The van der Waals surface area contributed by atoms with E-state index in [0.717, 1.165) is 18.8 Å². The topological polar surface area (TPSA) is 60.9 Å². The standard InChI is InChI=1S/C19H20N2O3/c22-18(14-19(23)24)21-12-10-20(11-13-21)17-8-6-16(7-9-17)15-4-2-1-3-5-15/h1-9H,10-14H2,(H,23,24). The van der Waals surface area contributed by atoms with Gasteiger partial charge in [-0.1, -0.05) is 42.5 Å². The number of hydrogen-bond acceptors (Lipinski definition) is 3. The number of carboxylic acid groups (broad SMARTS) is 1. The van der Waals surface area contributed by atoms with Gasteiger partial charge < -0.3 is 14.9 Å². The number of nitrogens with zero attached hydrogens (tertiary/aromatic N) is 2. The summed E-state index contributed by atoms with van der Waals surface area (Å²) in [7, 11) is 0. The molecular weight excluding hydrogens is 304 g/mol. The Balaban J connectivity index is 1.61. The molecule has 124 valence electrons. The zero-order chi connectivity index (χ0) is 16.9. The number of carbonyl (C=O) groups is 2. The lowest BCUT2D eigenvalue weighted by Crippen LogP contribution is -2.49. The van der Waals surface area contributed by atoms with Crippen LogP contribution in [0.25, 0.3) is 11.1 Å². The third-order valence-electron chi connectivity index (χ3n) is 4.27. The second-order valence-electron chi connectivity index (χ2n) is 5.85. The second-order valence-corrected chi connectivity index (χ2v) is 5.85. The molecule has 1 aliphatic heterocycles. The van der Waals surface area contributed by atoms with E-state index in [-0.39, 0.29) is 5.91 Å². The Bertz CT molecular complexity index is 705. The van der Waals surface area contributed by atoms with Gasteiger partial charge in [0.15, 0.2) is 0 Å². The number of rotatable bonds is 4. The number of benzene rings is 2. The molecule has 0 atom stereocenters. The highest BCUT2D eigenvalue weighted by Gasteiger charge is 2.22. The fourth-order valence-electron chi connectivity index (χ4n) is 2.95. The Morgan fingerprint density at radius 2 is 1.42 bits per heavy atom. The van der Waals surface area contributed by atoms with Crippen molar-refractivity contribution in [3.05, 3.63) is 54.6 Å². The molecular formula is C19H20N2O3. The van der Waals surface area contributed by atoms with Crippen molar-refractivity contribution in [1.82, 2.24) is 4.90 Å². The number of anilines is 1. The first kappa shape index (κ1) is 16.1. The molecule has 1 saturated heterocycles. The number of hydrogen-bond donors (Lipinski definition) is 1. The van der Waals surface area contributed by atoms with E-state index in [2.05, 4.69) is 41.3 Å². The van der Waals surface area contributed by atoms with E-state index in [9.17, 15) is 9.59 Å². The molecule has 0 spiro atoms. The molecule has 2 aromatic carbocycles. The molecule has 1 N–H and O–H groups in total. The normalized spacial score (nSPS) is 14.5. The van der Waals surface area contributed by atoms with Gasteiger partial charge in [-0.2, -0.15) is 0 Å². The second kappa shape index (κ2) is 7.17. The van der Waals surface area contributed by atoms with Crippen LogP contribution in [0.2, 0.25) is 0 Å². The fourth-order valence-corrected chi connectivity index (χ4v) is 2.95. The maximum atomic E-state index is 11.8. The van der Waals surface area contributed by atoms with Crippen LogP contribution in [0, 0.1) is 0 Å². The van der Waals surface area contributed by atoms with Crippen molar-refractivity contribution in [1.29, 1.82) is 0 Å². The maximum Gasteiger partial charge on any atom is 0.312 e. The van der Waals surface area contributed by atoms with Crippen molar-refractivity contribution in [2.24, 2.45) is 0 Å². The van der Waals surface area contributed by atoms with E-state index < -0.39 is 12.4 Å². The summed E-state index contributed by atoms with van der Waals surface area (Å²) in [4.78, 5) is 26.3. The Hall–Kier alpha value is -2.82. The van der Waals surface area contributed by atoms with E-state index in [1.54, 1.807) is 4.90 Å². The molecule has 3 rings (SSSR count). The lowest BCUT2D eigenvalue weighted by Gasteiger charge is -2.36. The first-order chi connectivity index (χ1) is 11.6. The molecule has 5 nitrogen and oxygen atoms in total. The Labute approximate surface area is 141 Å². The molecule has 1 aliphatic rings. The Kier molecular flexibility index (Phi) is 4.79. The van der Waals surface area contributed by atoms with Crippen LogP contribution in [-0.4, -0.2) is 48.1 Å². The highest BCUT2D eigenvalue weighted by molar-refractivity contribution is 5.93. The van der Waals surface area contributed by atoms with Crippen molar-refractivity contribution in [3.8, 4) is 11.1 Å². The quantitative estimate of drug-likeness (QED) is 0.878. The van der Waals surface area contributed by atoms with Gasteiger partial charge in [-0.05, 0) is 23.3 Å². The number of piperazine rings is 1. The summed E-state index contributed by atoms with van der Waals surface area (Å²) >= 11 is 0. The van der Waals surface area contributed by atoms with Gasteiger partial charge in [-0.25, -0.2) is 0 Å². The van der Waals surface area contributed by atoms with Gasteiger partial charge in [-0.15, -0.1) is 0 Å². The largest absolute Gasteiger partial charge is 0.481 e. The molecule has 1 heterocycles. The minimum Gasteiger partial charge on any atom is -0.481 e. The van der Waals surface area contributed by atoms with Crippen molar-refractivity contribution in [3.63, 3.8) is 0 Å². The van der Waals surface area contributed by atoms with Gasteiger partial charge >= 0.3 is 5.97 Å². The third-order valence-corrected chi connectivity index (χ3v) is 4.27. The van der Waals surface area contributed by atoms with Gasteiger partial charge in [0.05, 0.1) is 0 Å². The molecule has 5 heteroatoms. The number of amides is 1. The van der Waals surface area contributed by atoms with Crippen LogP contribution < -0.4 is 4.90 Å². The zero-order valence-electron chi connectivity index (χ0n) is 13.4. The average molecular weight is 324 g/mol. The molecule has 24 heavy (non-hydrogen) atoms. The predicted octanol–water partition coefficient (Wildman–Crippen LogP) is 2.48. The van der Waals surface area contributed by atoms with Gasteiger partial charge in [0, 0.05) is 31.9 Å². The van der Waals surface area contributed by atoms with Crippen LogP contribution in [0.4, 0.5) is 5.69 Å². The van der Waals surface area contributed by atoms with Gasteiger partial charge in [-0.3, -0.25) is 9.59 Å². The van der Waals surface area contributed by atoms with E-state index >= 15 is 0 Å². The maximum absolute atomic E-state index is 11.8. The van der Waals surface area contributed by atoms with Gasteiger partial charge in [0.1, 0.15) is 6.42 Å². The van der Waals surface area contributed by atoms with E-state index in [0.29, 0.717) is 13.1 Å². The zero-order valence-corrected chi connectivity index (χ0v) is 13.4. The summed E-state index contributed by atoms with van der Waals surface area (Å²) < 4.78 is 0. The first-order valence-corrected chi connectivity index (χ1v) is 8.03. The molecule has 0 radical (unpaired) electrons. The summed E-state index contributed by atoms with van der Waals surface area (Å²) in [6, 6.07) is 18.6. The van der Waals surface area contributed by atoms with Crippen LogP contribution >= 0.6 is 0 Å². The molecule has 0 bridgehead atoms. The lowest BCUT2D eigenvalue weighted by atomic mass is 10.1. The summed E-state index contributed by atoms with van der Waals surface area (Å²) in [6.45, 7) is 2.56. The van der Waals surface area contributed by atoms with Crippen LogP contribution in [0.1, 0.15) is 6.42 Å². The van der Waals surface area contributed by atoms with E-state index in [1.807, 2.05) is 18.2 Å². The average Bonchev–Trinajstić information content (AvgIpc) is 2.62. The Morgan fingerprint density at radius 3 is 2.00 bits per heavy atom. The van der Waals surface area contributed by atoms with Crippen molar-refractivity contribution >= 4 is 17.6 Å². The molecule has 1 amide bonds. The summed E-state index contributed by atoms with van der Waals surface area (Å²) in [6.07, 6.45) is -0.425. The Morgan fingerprint density at radius 1 is 0.833 bits per heavy atom. The van der Waals surface area contributed by atoms with Crippen LogP contribution in [0.15, 0.2) is 54.6 Å². The first-order valence-electron chi connectivity index (χ1n) is 8.03. The molecule has 0 unspecified atom stereocenters. The van der Waals surface area contributed by atoms with Crippen molar-refractivity contribution < 1.29 is 14.7 Å². The number of carbonyl (C=O) groups excluding carboxylic acids is 1. The van der Waals surface area contributed by atoms with E-state index in [4.69, 9.17) is 5.11 Å². The minimum absolute atomic E-state index is 0.304. The van der Waals surface area contributed by atoms with Crippen molar-refractivity contribution in [2.45, 2.75) is 6.42 Å². The fraction of sp³-hybridized carbons (Fsp3) is 0.263. The number of carboxylic acids is 1. The van der Waals surface area contributed by atoms with Crippen LogP contribution in [0.5, 0.6) is 0 Å². The van der Waals surface area contributed by atoms with Crippen LogP contribution in [-0.2, 0) is 9.59 Å². The van der Waals surface area contributed by atoms with Gasteiger partial charge in [0.2, 0.25) is 5.91 Å². The molecule has 1 fully saturated rings. The summed E-state index contributed by atoms with van der Waals surface area (Å²) in [5.74, 6) is -1.37. The molecule has 2 aromatic rings. The lowest BCUT2D eigenvalue weighted by molar-refractivity contribution is -0.144. The SMILES string of the molecule is O=C(O)CC(=O)N1CCN(c2ccc(-c3ccccc3)cc2)CC1. The smallest absolute Gasteiger partial charge is 0.312 e. The van der Waals surface area contributed by atoms with Crippen LogP contribution in [0.3, 0.4) is 0 Å². The number of aliphatic carboxylic acids is 1. The van der Waals surface area contributed by atoms with Gasteiger partial charge in [0.25, 0.3) is 0 Å². The summed E-state index contributed by atoms with van der Waals surface area (Å²) in [5.41, 5.74) is 3.49. The van der Waals surface area contributed by atoms with Crippen molar-refractivity contribution in [2.75, 3.05) is 31.1 Å². The minimum atomic E-state index is -1.07. The predicted molar refractivity (Wildman–Crippen MR) is 92.9 cm³/mol. The van der Waals surface area contributed by atoms with E-state index in [1.165, 1.54) is 11.1 Å². The highest BCUT2D eigenvalue weighted by atomic mass is 16.4. The monoisotopic (exact) mass is 324 g/mol. The molecule has 0 aliphatic carbocycles. The molecule has 0 aromatic heterocycles. The third kappa shape index (κ3) is 3.74. The molecule has 0 saturated carbocycles. The highest BCUT2D eigenvalue weighted by Crippen LogP contribution is 2.23.